The van der Waals surface area contributed by atoms with E-state index < -0.39 is 0 Å². The monoisotopic (exact) mass is 294 g/mol. The number of benzene rings is 1. The van der Waals surface area contributed by atoms with Crippen LogP contribution in [-0.2, 0) is 13.1 Å². The molecule has 2 rings (SSSR count). The number of hydrogen-bond acceptors (Lipinski definition) is 2. The van der Waals surface area contributed by atoms with Gasteiger partial charge in [-0.3, -0.25) is 9.88 Å². The second kappa shape index (κ2) is 7.49. The van der Waals surface area contributed by atoms with Gasteiger partial charge in [0.2, 0.25) is 0 Å². The Kier molecular flexibility index (Phi) is 5.64. The van der Waals surface area contributed by atoms with E-state index in [-0.39, 0.29) is 0 Å². The molecule has 0 radical (unpaired) electrons. The molecule has 0 aliphatic carbocycles. The van der Waals surface area contributed by atoms with Gasteiger partial charge in [0.05, 0.1) is 5.02 Å². The third-order valence-electron chi connectivity index (χ3n) is 2.90. The van der Waals surface area contributed by atoms with Crippen LogP contribution in [0.3, 0.4) is 0 Å². The van der Waals surface area contributed by atoms with Gasteiger partial charge in [0, 0.05) is 37.9 Å². The van der Waals surface area contributed by atoms with Crippen LogP contribution >= 0.6 is 23.2 Å². The SMILES string of the molecule is ClCCN(Cc1ccccc1)Cc1ccncc1Cl. The zero-order valence-electron chi connectivity index (χ0n) is 10.6. The molecular formula is C15H16Cl2N2. The van der Waals surface area contributed by atoms with Crippen molar-refractivity contribution in [3.63, 3.8) is 0 Å². The van der Waals surface area contributed by atoms with Crippen LogP contribution in [0.25, 0.3) is 0 Å². The maximum absolute atomic E-state index is 6.15. The summed E-state index contributed by atoms with van der Waals surface area (Å²) in [5.74, 6) is 0.607. The third kappa shape index (κ3) is 4.50. The Labute approximate surface area is 124 Å². The Morgan fingerprint density at radius 1 is 1.05 bits per heavy atom. The van der Waals surface area contributed by atoms with Gasteiger partial charge in [0.15, 0.2) is 0 Å². The lowest BCUT2D eigenvalue weighted by atomic mass is 10.2. The van der Waals surface area contributed by atoms with Crippen molar-refractivity contribution in [2.45, 2.75) is 13.1 Å². The molecule has 0 saturated carbocycles. The second-order valence-corrected chi connectivity index (χ2v) is 5.14. The summed E-state index contributed by atoms with van der Waals surface area (Å²) in [7, 11) is 0. The zero-order chi connectivity index (χ0) is 13.5. The van der Waals surface area contributed by atoms with Crippen LogP contribution in [0.1, 0.15) is 11.1 Å². The lowest BCUT2D eigenvalue weighted by molar-refractivity contribution is 0.273. The molecule has 1 aromatic heterocycles. The fraction of sp³-hybridized carbons (Fsp3) is 0.267. The predicted octanol–water partition coefficient (Wildman–Crippen LogP) is 3.98. The molecule has 2 nitrogen and oxygen atoms in total. The van der Waals surface area contributed by atoms with Crippen molar-refractivity contribution in [2.24, 2.45) is 0 Å². The van der Waals surface area contributed by atoms with Crippen LogP contribution in [0.5, 0.6) is 0 Å². The zero-order valence-corrected chi connectivity index (χ0v) is 12.1. The molecule has 0 amide bonds. The standard InChI is InChI=1S/C15H16Cl2N2/c16-7-9-19(11-13-4-2-1-3-5-13)12-14-6-8-18-10-15(14)17/h1-6,8,10H,7,9,11-12H2. The first-order valence-corrected chi connectivity index (χ1v) is 7.11. The van der Waals surface area contributed by atoms with Crippen LogP contribution < -0.4 is 0 Å². The molecule has 100 valence electrons. The van der Waals surface area contributed by atoms with E-state index in [0.717, 1.165) is 25.2 Å². The second-order valence-electron chi connectivity index (χ2n) is 4.35. The molecule has 4 heteroatoms. The van der Waals surface area contributed by atoms with E-state index in [1.165, 1.54) is 5.56 Å². The van der Waals surface area contributed by atoms with Gasteiger partial charge in [-0.25, -0.2) is 0 Å². The Bertz CT molecular complexity index is 503. The highest BCUT2D eigenvalue weighted by Crippen LogP contribution is 2.17. The van der Waals surface area contributed by atoms with E-state index >= 15 is 0 Å². The molecule has 0 aliphatic rings. The summed E-state index contributed by atoms with van der Waals surface area (Å²) in [6, 6.07) is 12.3. The van der Waals surface area contributed by atoms with Crippen molar-refractivity contribution in [3.8, 4) is 0 Å². The topological polar surface area (TPSA) is 16.1 Å². The summed E-state index contributed by atoms with van der Waals surface area (Å²) in [6.45, 7) is 2.48. The van der Waals surface area contributed by atoms with E-state index in [2.05, 4.69) is 22.0 Å². The van der Waals surface area contributed by atoms with Gasteiger partial charge in [-0.2, -0.15) is 0 Å². The van der Waals surface area contributed by atoms with Crippen molar-refractivity contribution in [1.29, 1.82) is 0 Å². The minimum absolute atomic E-state index is 0.607. The molecule has 0 atom stereocenters. The average molecular weight is 295 g/mol. The number of aromatic nitrogens is 1. The summed E-state index contributed by atoms with van der Waals surface area (Å²) in [6.07, 6.45) is 3.45. The summed E-state index contributed by atoms with van der Waals surface area (Å²) in [5.41, 5.74) is 2.36. The smallest absolute Gasteiger partial charge is 0.0634 e. The maximum atomic E-state index is 6.15. The Hall–Kier alpha value is -1.09. The molecule has 0 saturated heterocycles. The van der Waals surface area contributed by atoms with Gasteiger partial charge in [0.1, 0.15) is 0 Å². The van der Waals surface area contributed by atoms with E-state index in [1.54, 1.807) is 12.4 Å². The number of nitrogens with zero attached hydrogens (tertiary/aromatic N) is 2. The van der Waals surface area contributed by atoms with Crippen molar-refractivity contribution in [3.05, 3.63) is 64.9 Å². The van der Waals surface area contributed by atoms with Crippen molar-refractivity contribution in [2.75, 3.05) is 12.4 Å². The van der Waals surface area contributed by atoms with Crippen molar-refractivity contribution in [1.82, 2.24) is 9.88 Å². The quantitative estimate of drug-likeness (QED) is 0.749. The van der Waals surface area contributed by atoms with Crippen LogP contribution in [-0.4, -0.2) is 22.3 Å². The number of pyridine rings is 1. The minimum atomic E-state index is 0.607. The average Bonchev–Trinajstić information content (AvgIpc) is 2.43. The van der Waals surface area contributed by atoms with Crippen LogP contribution in [0.15, 0.2) is 48.8 Å². The first kappa shape index (κ1) is 14.3. The van der Waals surface area contributed by atoms with Gasteiger partial charge in [-0.15, -0.1) is 11.6 Å². The highest BCUT2D eigenvalue weighted by atomic mass is 35.5. The van der Waals surface area contributed by atoms with Crippen LogP contribution in [0.4, 0.5) is 0 Å². The largest absolute Gasteiger partial charge is 0.294 e. The number of hydrogen-bond donors (Lipinski definition) is 0. The number of halogens is 2. The van der Waals surface area contributed by atoms with Gasteiger partial charge in [-0.05, 0) is 17.2 Å². The first-order chi connectivity index (χ1) is 9.29. The molecule has 1 heterocycles. The van der Waals surface area contributed by atoms with E-state index in [1.807, 2.05) is 24.3 Å². The molecule has 0 spiro atoms. The fourth-order valence-corrected chi connectivity index (χ4v) is 2.37. The van der Waals surface area contributed by atoms with Crippen LogP contribution in [0.2, 0.25) is 5.02 Å². The fourth-order valence-electron chi connectivity index (χ4n) is 1.95. The van der Waals surface area contributed by atoms with Gasteiger partial charge in [-0.1, -0.05) is 41.9 Å². The van der Waals surface area contributed by atoms with E-state index in [4.69, 9.17) is 23.2 Å². The molecule has 0 bridgehead atoms. The first-order valence-electron chi connectivity index (χ1n) is 6.20. The normalized spacial score (nSPS) is 10.9. The summed E-state index contributed by atoms with van der Waals surface area (Å²) < 4.78 is 0. The molecule has 1 aromatic carbocycles. The molecule has 19 heavy (non-hydrogen) atoms. The minimum Gasteiger partial charge on any atom is -0.294 e. The maximum Gasteiger partial charge on any atom is 0.0634 e. The highest BCUT2D eigenvalue weighted by Gasteiger charge is 2.08. The molecule has 0 N–H and O–H groups in total. The molecule has 0 unspecified atom stereocenters. The molecular weight excluding hydrogens is 279 g/mol. The van der Waals surface area contributed by atoms with Crippen molar-refractivity contribution >= 4 is 23.2 Å². The van der Waals surface area contributed by atoms with Crippen LogP contribution in [0, 0.1) is 0 Å². The van der Waals surface area contributed by atoms with Crippen molar-refractivity contribution < 1.29 is 0 Å². The number of rotatable bonds is 6. The van der Waals surface area contributed by atoms with Gasteiger partial charge >= 0.3 is 0 Å². The highest BCUT2D eigenvalue weighted by molar-refractivity contribution is 6.31. The lowest BCUT2D eigenvalue weighted by Gasteiger charge is -2.21. The molecule has 0 fully saturated rings. The predicted molar refractivity (Wildman–Crippen MR) is 80.5 cm³/mol. The Balaban J connectivity index is 2.06. The Morgan fingerprint density at radius 2 is 1.84 bits per heavy atom. The third-order valence-corrected chi connectivity index (χ3v) is 3.41. The van der Waals surface area contributed by atoms with Gasteiger partial charge < -0.3 is 0 Å². The Morgan fingerprint density at radius 3 is 2.53 bits per heavy atom. The van der Waals surface area contributed by atoms with Gasteiger partial charge in [0.25, 0.3) is 0 Å². The summed E-state index contributed by atoms with van der Waals surface area (Å²) in [4.78, 5) is 6.29. The number of alkyl halides is 1. The van der Waals surface area contributed by atoms with E-state index in [0.29, 0.717) is 10.9 Å². The van der Waals surface area contributed by atoms with E-state index in [9.17, 15) is 0 Å². The molecule has 0 aliphatic heterocycles. The summed E-state index contributed by atoms with van der Waals surface area (Å²) in [5, 5.41) is 0.704. The summed E-state index contributed by atoms with van der Waals surface area (Å²) >= 11 is 12.0. The molecule has 2 aromatic rings. The lowest BCUT2D eigenvalue weighted by Crippen LogP contribution is -2.25.